The van der Waals surface area contributed by atoms with Gasteiger partial charge >= 0.3 is 0 Å². The van der Waals surface area contributed by atoms with Gasteiger partial charge in [0.2, 0.25) is 0 Å². The zero-order chi connectivity index (χ0) is 36.9. The normalized spacial score (nSPS) is 32.1. The molecule has 4 aliphatic carbocycles. The molecule has 1 aliphatic heterocycles. The van der Waals surface area contributed by atoms with Gasteiger partial charge in [0.05, 0.1) is 13.2 Å². The van der Waals surface area contributed by atoms with Crippen molar-refractivity contribution in [2.45, 2.75) is 124 Å². The summed E-state index contributed by atoms with van der Waals surface area (Å²) in [5.41, 5.74) is 1.43. The van der Waals surface area contributed by atoms with E-state index in [9.17, 15) is 31.1 Å². The summed E-state index contributed by atoms with van der Waals surface area (Å²) in [6.45, 7) is 10.4. The Morgan fingerprint density at radius 2 is 1.08 bits per heavy atom. The average Bonchev–Trinajstić information content (AvgIpc) is 3.05. The molecule has 2 aromatic rings. The van der Waals surface area contributed by atoms with E-state index in [1.165, 1.54) is 64.2 Å². The van der Waals surface area contributed by atoms with Crippen LogP contribution < -0.4 is 0 Å². The number of ether oxygens (including phenoxy) is 2. The standard InChI is InChI=1S/C20H25F3O2.C15H28.C7H3F3O/c1-2-3-12-6-20(7-12)8-14(9-20)15-10-24-19(25-11-15)13-4-16(21)18(23)17(22)5-13;1-4-7-12-8-15(9-12)10-14(11-15)13(5-2)6-3;8-5-1-4(3-11)2-6(9)7(5)10/h4-5,12,14-15,19H,2-3,6-11H2,1H3;12-14H,4-11H2,1-3H3;1-3H. The van der Waals surface area contributed by atoms with Crippen LogP contribution >= 0.6 is 0 Å². The van der Waals surface area contributed by atoms with E-state index in [1.54, 1.807) is 25.7 Å². The van der Waals surface area contributed by atoms with Crippen LogP contribution in [0.25, 0.3) is 0 Å². The number of carbonyl (C=O) groups is 1. The third-order valence-corrected chi connectivity index (χ3v) is 12.8. The quantitative estimate of drug-likeness (QED) is 0.139. The maximum Gasteiger partial charge on any atom is 0.194 e. The molecule has 2 aromatic carbocycles. The van der Waals surface area contributed by atoms with Gasteiger partial charge in [0.25, 0.3) is 0 Å². The third-order valence-electron chi connectivity index (χ3n) is 12.8. The van der Waals surface area contributed by atoms with E-state index in [0.717, 1.165) is 41.2 Å². The molecule has 0 bridgehead atoms. The molecule has 9 heteroatoms. The van der Waals surface area contributed by atoms with Crippen LogP contribution in [-0.2, 0) is 9.47 Å². The first kappa shape index (κ1) is 39.8. The topological polar surface area (TPSA) is 35.5 Å². The predicted octanol–water partition coefficient (Wildman–Crippen LogP) is 12.3. The van der Waals surface area contributed by atoms with Crippen molar-refractivity contribution in [3.05, 3.63) is 70.3 Å². The van der Waals surface area contributed by atoms with E-state index in [0.29, 0.717) is 42.6 Å². The molecular formula is C42H56F6O3. The lowest BCUT2D eigenvalue weighted by Gasteiger charge is -2.60. The number of rotatable bonds is 10. The maximum atomic E-state index is 13.4. The first-order chi connectivity index (χ1) is 24.4. The Labute approximate surface area is 300 Å². The van der Waals surface area contributed by atoms with Gasteiger partial charge in [0, 0.05) is 17.0 Å². The fourth-order valence-corrected chi connectivity index (χ4v) is 10.3. The lowest BCUT2D eigenvalue weighted by Crippen LogP contribution is -2.51. The Hall–Kier alpha value is -2.39. The Bertz CT molecular complexity index is 1390. The van der Waals surface area contributed by atoms with Gasteiger partial charge in [-0.2, -0.15) is 0 Å². The van der Waals surface area contributed by atoms with Crippen molar-refractivity contribution in [3.8, 4) is 0 Å². The van der Waals surface area contributed by atoms with Gasteiger partial charge in [-0.05, 0) is 116 Å². The molecule has 4 saturated carbocycles. The predicted molar refractivity (Wildman–Crippen MR) is 186 cm³/mol. The molecule has 0 aromatic heterocycles. The minimum atomic E-state index is -1.56. The fraction of sp³-hybridized carbons (Fsp3) is 0.690. The van der Waals surface area contributed by atoms with Gasteiger partial charge in [0.1, 0.15) is 6.29 Å². The van der Waals surface area contributed by atoms with E-state index in [4.69, 9.17) is 9.47 Å². The molecule has 0 N–H and O–H groups in total. The molecule has 0 radical (unpaired) electrons. The van der Waals surface area contributed by atoms with Crippen molar-refractivity contribution in [1.29, 1.82) is 0 Å². The Kier molecular flexibility index (Phi) is 13.4. The number of hydrogen-bond donors (Lipinski definition) is 0. The Morgan fingerprint density at radius 3 is 1.49 bits per heavy atom. The molecule has 51 heavy (non-hydrogen) atoms. The molecule has 1 saturated heterocycles. The summed E-state index contributed by atoms with van der Waals surface area (Å²) in [6.07, 6.45) is 19.4. The van der Waals surface area contributed by atoms with Gasteiger partial charge in [-0.3, -0.25) is 4.79 Å². The summed E-state index contributed by atoms with van der Waals surface area (Å²) < 4.78 is 87.8. The minimum Gasteiger partial charge on any atom is -0.348 e. The zero-order valence-electron chi connectivity index (χ0n) is 30.7. The van der Waals surface area contributed by atoms with Crippen LogP contribution in [0, 0.1) is 81.2 Å². The summed E-state index contributed by atoms with van der Waals surface area (Å²) in [6, 6.07) is 3.16. The summed E-state index contributed by atoms with van der Waals surface area (Å²) in [5, 5.41) is 0. The molecule has 284 valence electrons. The van der Waals surface area contributed by atoms with Crippen LogP contribution in [0.3, 0.4) is 0 Å². The summed E-state index contributed by atoms with van der Waals surface area (Å²) in [5.74, 6) is -2.99. The second-order valence-corrected chi connectivity index (χ2v) is 16.5. The first-order valence-electron chi connectivity index (χ1n) is 19.3. The highest BCUT2D eigenvalue weighted by Gasteiger charge is 2.55. The van der Waals surface area contributed by atoms with Crippen LogP contribution in [-0.4, -0.2) is 19.5 Å². The highest BCUT2D eigenvalue weighted by Crippen LogP contribution is 2.65. The molecule has 5 aliphatic rings. The number of benzene rings is 2. The minimum absolute atomic E-state index is 0.196. The molecular weight excluding hydrogens is 666 g/mol. The molecule has 5 fully saturated rings. The molecule has 2 spiro atoms. The second-order valence-electron chi connectivity index (χ2n) is 16.5. The molecule has 1 heterocycles. The number of halogens is 6. The smallest absolute Gasteiger partial charge is 0.194 e. The molecule has 0 unspecified atom stereocenters. The van der Waals surface area contributed by atoms with E-state index in [1.807, 2.05) is 0 Å². The van der Waals surface area contributed by atoms with Gasteiger partial charge in [0.15, 0.2) is 41.2 Å². The lowest BCUT2D eigenvalue weighted by molar-refractivity contribution is -0.229. The molecule has 0 atom stereocenters. The van der Waals surface area contributed by atoms with E-state index >= 15 is 0 Å². The van der Waals surface area contributed by atoms with Crippen LogP contribution in [0.2, 0.25) is 0 Å². The van der Waals surface area contributed by atoms with Crippen LogP contribution in [0.4, 0.5) is 26.3 Å². The van der Waals surface area contributed by atoms with Crippen molar-refractivity contribution in [2.75, 3.05) is 13.2 Å². The SMILES string of the molecule is CCCC1CC2(C1)CC(C(CC)CC)C2.CCCC1CC2(C1)CC(C1COC(c3cc(F)c(F)c(F)c3)OC1)C2.O=Cc1cc(F)c(F)c(F)c1. The number of hydrogen-bond acceptors (Lipinski definition) is 3. The lowest BCUT2D eigenvalue weighted by atomic mass is 9.45. The van der Waals surface area contributed by atoms with Crippen molar-refractivity contribution < 1.29 is 40.6 Å². The average molecular weight is 723 g/mol. The maximum absolute atomic E-state index is 13.4. The third kappa shape index (κ3) is 9.23. The van der Waals surface area contributed by atoms with Crippen molar-refractivity contribution in [3.63, 3.8) is 0 Å². The van der Waals surface area contributed by atoms with Gasteiger partial charge in [-0.25, -0.2) is 26.3 Å². The van der Waals surface area contributed by atoms with E-state index < -0.39 is 41.2 Å². The first-order valence-corrected chi connectivity index (χ1v) is 19.3. The van der Waals surface area contributed by atoms with Crippen LogP contribution in [0.1, 0.15) is 140 Å². The van der Waals surface area contributed by atoms with Crippen molar-refractivity contribution in [1.82, 2.24) is 0 Å². The number of aldehydes is 1. The zero-order valence-corrected chi connectivity index (χ0v) is 30.7. The Balaban J connectivity index is 0.000000165. The molecule has 3 nitrogen and oxygen atoms in total. The van der Waals surface area contributed by atoms with Crippen LogP contribution in [0.15, 0.2) is 24.3 Å². The van der Waals surface area contributed by atoms with E-state index in [2.05, 4.69) is 27.7 Å². The van der Waals surface area contributed by atoms with Gasteiger partial charge in [-0.15, -0.1) is 0 Å². The highest BCUT2D eigenvalue weighted by molar-refractivity contribution is 5.74. The fourth-order valence-electron chi connectivity index (χ4n) is 10.3. The van der Waals surface area contributed by atoms with Crippen molar-refractivity contribution >= 4 is 6.29 Å². The second kappa shape index (κ2) is 17.2. The number of carbonyl (C=O) groups excluding carboxylic acids is 1. The summed E-state index contributed by atoms with van der Waals surface area (Å²) in [7, 11) is 0. The van der Waals surface area contributed by atoms with Gasteiger partial charge < -0.3 is 9.47 Å². The molecule has 7 rings (SSSR count). The van der Waals surface area contributed by atoms with Crippen molar-refractivity contribution in [2.24, 2.45) is 46.3 Å². The monoisotopic (exact) mass is 722 g/mol. The largest absolute Gasteiger partial charge is 0.348 e. The van der Waals surface area contributed by atoms with Gasteiger partial charge in [-0.1, -0.05) is 66.2 Å². The van der Waals surface area contributed by atoms with E-state index in [-0.39, 0.29) is 17.4 Å². The molecule has 0 amide bonds. The summed E-state index contributed by atoms with van der Waals surface area (Å²) in [4.78, 5) is 9.97. The Morgan fingerprint density at radius 1 is 0.647 bits per heavy atom. The highest BCUT2D eigenvalue weighted by atomic mass is 19.2. The summed E-state index contributed by atoms with van der Waals surface area (Å²) >= 11 is 0. The van der Waals surface area contributed by atoms with Crippen LogP contribution in [0.5, 0.6) is 0 Å².